The average Bonchev–Trinajstić information content (AvgIpc) is 3.02. The lowest BCUT2D eigenvalue weighted by Crippen LogP contribution is -2.44. The number of aliphatic hydroxyl groups is 3. The molecule has 0 aliphatic carbocycles. The smallest absolute Gasteiger partial charge is 0.145 e. The zero-order valence-electron chi connectivity index (χ0n) is 31.2. The van der Waals surface area contributed by atoms with Crippen molar-refractivity contribution in [1.82, 2.24) is 0 Å². The monoisotopic (exact) mass is 654 g/mol. The van der Waals surface area contributed by atoms with E-state index in [1.807, 2.05) is 0 Å². The standard InChI is InChI=1S/C41H83NO4/c1-3-5-7-9-11-13-15-17-18-19-20-21-23-24-26-28-30-32-34-37(43)36-39(45)40(41(42)46)38(44)35-33-31-29-27-25-22-16-14-12-10-8-6-4-2/h37-38,40-41,43-44,46H,3-36,42H2,1-2H3/t37?,38-,40-,41?/m1/s1. The minimum absolute atomic E-state index is 0.0342. The van der Waals surface area contributed by atoms with Crippen LogP contribution in [0.1, 0.15) is 232 Å². The van der Waals surface area contributed by atoms with Gasteiger partial charge in [-0.1, -0.05) is 213 Å². The number of carbonyl (C=O) groups excluding carboxylic acids is 1. The van der Waals surface area contributed by atoms with Gasteiger partial charge in [0.2, 0.25) is 0 Å². The van der Waals surface area contributed by atoms with E-state index in [-0.39, 0.29) is 12.2 Å². The second kappa shape index (κ2) is 35.8. The van der Waals surface area contributed by atoms with Crippen molar-refractivity contribution >= 4 is 5.78 Å². The van der Waals surface area contributed by atoms with E-state index in [0.717, 1.165) is 32.1 Å². The predicted molar refractivity (Wildman–Crippen MR) is 199 cm³/mol. The van der Waals surface area contributed by atoms with E-state index in [1.54, 1.807) is 0 Å². The molecule has 0 rings (SSSR count). The Balaban J connectivity index is 3.72. The molecular weight excluding hydrogens is 570 g/mol. The fourth-order valence-electron chi connectivity index (χ4n) is 6.94. The summed E-state index contributed by atoms with van der Waals surface area (Å²) in [5.74, 6) is -1.32. The summed E-state index contributed by atoms with van der Waals surface area (Å²) in [6.07, 6.45) is 38.2. The number of Topliss-reactive ketones (excluding diaryl/α,β-unsaturated/α-hetero) is 1. The lowest BCUT2D eigenvalue weighted by Gasteiger charge is -2.25. The van der Waals surface area contributed by atoms with Crippen LogP contribution in [-0.2, 0) is 4.79 Å². The topological polar surface area (TPSA) is 104 Å². The maximum atomic E-state index is 12.8. The van der Waals surface area contributed by atoms with Gasteiger partial charge in [0.25, 0.3) is 0 Å². The molecule has 0 saturated carbocycles. The molecule has 5 N–H and O–H groups in total. The highest BCUT2D eigenvalue weighted by atomic mass is 16.3. The Morgan fingerprint density at radius 3 is 0.978 bits per heavy atom. The maximum absolute atomic E-state index is 12.8. The summed E-state index contributed by atoms with van der Waals surface area (Å²) in [4.78, 5) is 12.8. The lowest BCUT2D eigenvalue weighted by molar-refractivity contribution is -0.133. The van der Waals surface area contributed by atoms with E-state index in [2.05, 4.69) is 13.8 Å². The normalized spacial score (nSPS) is 14.4. The van der Waals surface area contributed by atoms with Crippen molar-refractivity contribution in [3.8, 4) is 0 Å². The molecule has 276 valence electrons. The Morgan fingerprint density at radius 1 is 0.435 bits per heavy atom. The van der Waals surface area contributed by atoms with Crippen LogP contribution < -0.4 is 5.73 Å². The van der Waals surface area contributed by atoms with Gasteiger partial charge in [0.05, 0.1) is 18.1 Å². The summed E-state index contributed by atoms with van der Waals surface area (Å²) in [5.41, 5.74) is 5.70. The first-order valence-corrected chi connectivity index (χ1v) is 20.8. The predicted octanol–water partition coefficient (Wildman–Crippen LogP) is 11.5. The fourth-order valence-corrected chi connectivity index (χ4v) is 6.94. The Labute approximate surface area is 287 Å². The first-order chi connectivity index (χ1) is 22.4. The van der Waals surface area contributed by atoms with Gasteiger partial charge < -0.3 is 21.1 Å². The van der Waals surface area contributed by atoms with Gasteiger partial charge in [0, 0.05) is 6.42 Å². The molecule has 0 heterocycles. The average molecular weight is 654 g/mol. The molecule has 0 aliphatic rings. The Morgan fingerprint density at radius 2 is 0.696 bits per heavy atom. The van der Waals surface area contributed by atoms with Gasteiger partial charge in [-0.15, -0.1) is 0 Å². The highest BCUT2D eigenvalue weighted by molar-refractivity contribution is 5.82. The van der Waals surface area contributed by atoms with Crippen molar-refractivity contribution in [2.24, 2.45) is 11.7 Å². The molecule has 0 aliphatic heterocycles. The van der Waals surface area contributed by atoms with Gasteiger partial charge in [0.15, 0.2) is 0 Å². The highest BCUT2D eigenvalue weighted by Crippen LogP contribution is 2.21. The minimum atomic E-state index is -1.39. The van der Waals surface area contributed by atoms with Crippen molar-refractivity contribution in [3.63, 3.8) is 0 Å². The molecule has 0 fully saturated rings. The van der Waals surface area contributed by atoms with Crippen LogP contribution in [0.15, 0.2) is 0 Å². The molecule has 46 heavy (non-hydrogen) atoms. The zero-order valence-corrected chi connectivity index (χ0v) is 31.2. The van der Waals surface area contributed by atoms with Crippen LogP contribution in [0.25, 0.3) is 0 Å². The molecule has 0 spiro atoms. The number of hydrogen-bond acceptors (Lipinski definition) is 5. The Hall–Kier alpha value is -0.490. The van der Waals surface area contributed by atoms with Crippen molar-refractivity contribution in [2.75, 3.05) is 0 Å². The third-order valence-electron chi connectivity index (χ3n) is 10.1. The quantitative estimate of drug-likeness (QED) is 0.0392. The number of carbonyl (C=O) groups is 1. The van der Waals surface area contributed by atoms with Crippen LogP contribution in [0.2, 0.25) is 0 Å². The van der Waals surface area contributed by atoms with Gasteiger partial charge >= 0.3 is 0 Å². The summed E-state index contributed by atoms with van der Waals surface area (Å²) in [6, 6.07) is 0. The first kappa shape index (κ1) is 45.5. The van der Waals surface area contributed by atoms with Crippen molar-refractivity contribution in [1.29, 1.82) is 0 Å². The summed E-state index contributed by atoms with van der Waals surface area (Å²) in [6.45, 7) is 4.54. The Bertz CT molecular complexity index is 613. The van der Waals surface area contributed by atoms with E-state index in [9.17, 15) is 20.1 Å². The third-order valence-corrected chi connectivity index (χ3v) is 10.1. The molecular formula is C41H83NO4. The third kappa shape index (κ3) is 30.8. The summed E-state index contributed by atoms with van der Waals surface area (Å²) in [7, 11) is 0. The summed E-state index contributed by atoms with van der Waals surface area (Å²) in [5, 5.41) is 31.1. The second-order valence-electron chi connectivity index (χ2n) is 14.7. The molecule has 4 atom stereocenters. The number of ketones is 1. The van der Waals surface area contributed by atoms with E-state index < -0.39 is 24.4 Å². The summed E-state index contributed by atoms with van der Waals surface area (Å²) < 4.78 is 0. The molecule has 0 aromatic rings. The van der Waals surface area contributed by atoms with E-state index in [0.29, 0.717) is 12.8 Å². The number of nitrogens with two attached hydrogens (primary N) is 1. The number of unbranched alkanes of at least 4 members (excludes halogenated alkanes) is 29. The molecule has 0 radical (unpaired) electrons. The SMILES string of the molecule is CCCCCCCCCCCCCCCCCCCCC(O)CC(=O)[C@H](C(N)O)[C@H](O)CCCCCCCCCCCCCCC. The van der Waals surface area contributed by atoms with Crippen molar-refractivity contribution in [2.45, 2.75) is 251 Å². The van der Waals surface area contributed by atoms with Crippen LogP contribution in [0.5, 0.6) is 0 Å². The lowest BCUT2D eigenvalue weighted by atomic mass is 9.88. The Kier molecular flexibility index (Phi) is 35.4. The van der Waals surface area contributed by atoms with Gasteiger partial charge in [-0.25, -0.2) is 0 Å². The highest BCUT2D eigenvalue weighted by Gasteiger charge is 2.32. The molecule has 5 nitrogen and oxygen atoms in total. The molecule has 0 bridgehead atoms. The van der Waals surface area contributed by atoms with Crippen LogP contribution in [0.3, 0.4) is 0 Å². The number of rotatable bonds is 38. The molecule has 2 unspecified atom stereocenters. The second-order valence-corrected chi connectivity index (χ2v) is 14.7. The van der Waals surface area contributed by atoms with Crippen LogP contribution in [0.4, 0.5) is 0 Å². The van der Waals surface area contributed by atoms with Gasteiger partial charge in [-0.05, 0) is 12.8 Å². The minimum Gasteiger partial charge on any atom is -0.393 e. The zero-order chi connectivity index (χ0) is 33.9. The van der Waals surface area contributed by atoms with Gasteiger partial charge in [0.1, 0.15) is 12.0 Å². The van der Waals surface area contributed by atoms with Gasteiger partial charge in [-0.2, -0.15) is 0 Å². The molecule has 0 aromatic heterocycles. The van der Waals surface area contributed by atoms with E-state index >= 15 is 0 Å². The maximum Gasteiger partial charge on any atom is 0.145 e. The van der Waals surface area contributed by atoms with Crippen molar-refractivity contribution in [3.05, 3.63) is 0 Å². The largest absolute Gasteiger partial charge is 0.393 e. The molecule has 0 saturated heterocycles. The van der Waals surface area contributed by atoms with Crippen LogP contribution in [-0.4, -0.2) is 39.5 Å². The molecule has 5 heteroatoms. The van der Waals surface area contributed by atoms with Gasteiger partial charge in [-0.3, -0.25) is 4.79 Å². The van der Waals surface area contributed by atoms with Crippen molar-refractivity contribution < 1.29 is 20.1 Å². The molecule has 0 amide bonds. The summed E-state index contributed by atoms with van der Waals surface area (Å²) >= 11 is 0. The fraction of sp³-hybridized carbons (Fsp3) is 0.976. The first-order valence-electron chi connectivity index (χ1n) is 20.8. The van der Waals surface area contributed by atoms with E-state index in [4.69, 9.17) is 5.73 Å². The number of aliphatic hydroxyl groups excluding tert-OH is 3. The van der Waals surface area contributed by atoms with Crippen LogP contribution >= 0.6 is 0 Å². The molecule has 0 aromatic carbocycles. The van der Waals surface area contributed by atoms with Crippen LogP contribution in [0, 0.1) is 5.92 Å². The number of hydrogen-bond donors (Lipinski definition) is 4. The van der Waals surface area contributed by atoms with E-state index in [1.165, 1.54) is 167 Å².